The third-order valence-corrected chi connectivity index (χ3v) is 4.26. The van der Waals surface area contributed by atoms with Crippen LogP contribution in [0.1, 0.15) is 57.8 Å². The van der Waals surface area contributed by atoms with Crippen LogP contribution in [0.15, 0.2) is 0 Å². The molecule has 4 heteroatoms. The Bertz CT molecular complexity index is 256. The van der Waals surface area contributed by atoms with Gasteiger partial charge in [0.15, 0.2) is 0 Å². The molecule has 18 heavy (non-hydrogen) atoms. The second-order valence-electron chi connectivity index (χ2n) is 5.99. The van der Waals surface area contributed by atoms with E-state index in [4.69, 9.17) is 5.73 Å². The van der Waals surface area contributed by atoms with Gasteiger partial charge in [-0.1, -0.05) is 32.1 Å². The lowest BCUT2D eigenvalue weighted by molar-refractivity contribution is 0.219. The zero-order chi connectivity index (χ0) is 12.8. The molecule has 0 saturated heterocycles. The van der Waals surface area contributed by atoms with Crippen molar-refractivity contribution in [2.75, 3.05) is 6.54 Å². The highest BCUT2D eigenvalue weighted by molar-refractivity contribution is 5.74. The summed E-state index contributed by atoms with van der Waals surface area (Å²) in [6.07, 6.45) is 10.9. The molecule has 0 unspecified atom stereocenters. The fraction of sp³-hybridized carbons (Fsp3) is 0.929. The highest BCUT2D eigenvalue weighted by Crippen LogP contribution is 2.24. The van der Waals surface area contributed by atoms with Crippen molar-refractivity contribution < 1.29 is 4.79 Å². The van der Waals surface area contributed by atoms with Gasteiger partial charge >= 0.3 is 6.03 Å². The van der Waals surface area contributed by atoms with E-state index in [9.17, 15) is 4.79 Å². The first-order valence-corrected chi connectivity index (χ1v) is 7.54. The van der Waals surface area contributed by atoms with Crippen LogP contribution in [-0.2, 0) is 0 Å². The van der Waals surface area contributed by atoms with Crippen molar-refractivity contribution in [1.29, 1.82) is 0 Å². The van der Waals surface area contributed by atoms with Gasteiger partial charge in [0.25, 0.3) is 0 Å². The minimum Gasteiger partial charge on any atom is -0.338 e. The van der Waals surface area contributed by atoms with E-state index in [1.54, 1.807) is 0 Å². The van der Waals surface area contributed by atoms with Crippen LogP contribution < -0.4 is 16.4 Å². The summed E-state index contributed by atoms with van der Waals surface area (Å²) in [5, 5.41) is 6.10. The third kappa shape index (κ3) is 4.48. The van der Waals surface area contributed by atoms with Crippen LogP contribution in [-0.4, -0.2) is 24.7 Å². The zero-order valence-corrected chi connectivity index (χ0v) is 11.3. The van der Waals surface area contributed by atoms with Gasteiger partial charge in [0, 0.05) is 18.6 Å². The van der Waals surface area contributed by atoms with Crippen molar-refractivity contribution in [2.45, 2.75) is 69.9 Å². The lowest BCUT2D eigenvalue weighted by Gasteiger charge is -2.32. The maximum absolute atomic E-state index is 11.8. The summed E-state index contributed by atoms with van der Waals surface area (Å²) in [7, 11) is 0. The summed E-state index contributed by atoms with van der Waals surface area (Å²) in [6.45, 7) is 0.784. The Morgan fingerprint density at radius 1 is 1.06 bits per heavy atom. The molecule has 2 aliphatic rings. The van der Waals surface area contributed by atoms with Crippen LogP contribution in [0.5, 0.6) is 0 Å². The Labute approximate surface area is 110 Å². The van der Waals surface area contributed by atoms with Crippen LogP contribution >= 0.6 is 0 Å². The minimum atomic E-state index is 0.0149. The molecule has 2 rings (SSSR count). The summed E-state index contributed by atoms with van der Waals surface area (Å²) >= 11 is 0. The first-order valence-electron chi connectivity index (χ1n) is 7.54. The van der Waals surface area contributed by atoms with E-state index >= 15 is 0 Å². The fourth-order valence-corrected chi connectivity index (χ4v) is 3.03. The maximum Gasteiger partial charge on any atom is 0.315 e. The number of hydrogen-bond donors (Lipinski definition) is 3. The molecule has 2 aliphatic carbocycles. The lowest BCUT2D eigenvalue weighted by Crippen LogP contribution is -2.47. The van der Waals surface area contributed by atoms with Gasteiger partial charge in [-0.2, -0.15) is 0 Å². The van der Waals surface area contributed by atoms with E-state index in [0.717, 1.165) is 32.2 Å². The minimum absolute atomic E-state index is 0.0149. The van der Waals surface area contributed by atoms with Crippen molar-refractivity contribution in [1.82, 2.24) is 10.6 Å². The molecule has 0 aromatic carbocycles. The monoisotopic (exact) mass is 253 g/mol. The van der Waals surface area contributed by atoms with Gasteiger partial charge in [0.1, 0.15) is 0 Å². The quantitative estimate of drug-likeness (QED) is 0.721. The van der Waals surface area contributed by atoms with E-state index in [1.807, 2.05) is 0 Å². The van der Waals surface area contributed by atoms with Crippen LogP contribution in [0.2, 0.25) is 0 Å². The molecule has 2 fully saturated rings. The average Bonchev–Trinajstić information content (AvgIpc) is 2.26. The molecule has 0 aliphatic heterocycles. The summed E-state index contributed by atoms with van der Waals surface area (Å²) < 4.78 is 0. The van der Waals surface area contributed by atoms with Crippen molar-refractivity contribution in [3.63, 3.8) is 0 Å². The van der Waals surface area contributed by atoms with Crippen LogP contribution in [0, 0.1) is 5.92 Å². The number of urea groups is 1. The molecule has 4 N–H and O–H groups in total. The Morgan fingerprint density at radius 3 is 2.28 bits per heavy atom. The molecule has 2 saturated carbocycles. The van der Waals surface area contributed by atoms with Gasteiger partial charge in [-0.25, -0.2) is 4.79 Å². The van der Waals surface area contributed by atoms with Crippen LogP contribution in [0.25, 0.3) is 0 Å². The first-order chi connectivity index (χ1) is 8.74. The number of hydrogen-bond acceptors (Lipinski definition) is 2. The predicted octanol–water partition coefficient (Wildman–Crippen LogP) is 2.14. The third-order valence-electron chi connectivity index (χ3n) is 4.26. The Balaban J connectivity index is 1.60. The van der Waals surface area contributed by atoms with E-state index in [2.05, 4.69) is 10.6 Å². The summed E-state index contributed by atoms with van der Waals surface area (Å²) in [5.41, 5.74) is 5.73. The van der Waals surface area contributed by atoms with Crippen molar-refractivity contribution in [3.05, 3.63) is 0 Å². The highest BCUT2D eigenvalue weighted by Gasteiger charge is 2.26. The van der Waals surface area contributed by atoms with Crippen molar-refractivity contribution >= 4 is 6.03 Å². The molecule has 0 bridgehead atoms. The molecule has 0 aromatic heterocycles. The normalized spacial score (nSPS) is 29.8. The van der Waals surface area contributed by atoms with E-state index < -0.39 is 0 Å². The van der Waals surface area contributed by atoms with E-state index in [0.29, 0.717) is 18.0 Å². The summed E-state index contributed by atoms with van der Waals surface area (Å²) in [5.74, 6) is 0.600. The molecule has 2 amide bonds. The molecule has 0 aromatic rings. The van der Waals surface area contributed by atoms with Gasteiger partial charge < -0.3 is 16.4 Å². The standard InChI is InChI=1S/C14H27N3O/c15-12-8-11(9-12)10-16-14(18)17-13-6-4-2-1-3-5-7-13/h11-13H,1-10,15H2,(H2,16,17,18). The number of carbonyl (C=O) groups excluding carboxylic acids is 1. The molecular formula is C14H27N3O. The Morgan fingerprint density at radius 2 is 1.67 bits per heavy atom. The zero-order valence-electron chi connectivity index (χ0n) is 11.3. The number of nitrogens with one attached hydrogen (secondary N) is 2. The first kappa shape index (κ1) is 13.7. The van der Waals surface area contributed by atoms with Crippen LogP contribution in [0.4, 0.5) is 4.79 Å². The lowest BCUT2D eigenvalue weighted by atomic mass is 9.81. The van der Waals surface area contributed by atoms with Crippen molar-refractivity contribution in [3.8, 4) is 0 Å². The Hall–Kier alpha value is -0.770. The van der Waals surface area contributed by atoms with Gasteiger partial charge in [0.2, 0.25) is 0 Å². The molecule has 4 nitrogen and oxygen atoms in total. The summed E-state index contributed by atoms with van der Waals surface area (Å²) in [6, 6.07) is 0.764. The molecule has 0 atom stereocenters. The average molecular weight is 253 g/mol. The second kappa shape index (κ2) is 6.98. The second-order valence-corrected chi connectivity index (χ2v) is 5.99. The molecule has 0 spiro atoms. The smallest absolute Gasteiger partial charge is 0.315 e. The number of carbonyl (C=O) groups is 1. The molecule has 0 heterocycles. The van der Waals surface area contributed by atoms with Gasteiger partial charge in [-0.3, -0.25) is 0 Å². The number of nitrogens with two attached hydrogens (primary N) is 1. The maximum atomic E-state index is 11.8. The fourth-order valence-electron chi connectivity index (χ4n) is 3.03. The molecular weight excluding hydrogens is 226 g/mol. The van der Waals surface area contributed by atoms with Gasteiger partial charge in [0.05, 0.1) is 0 Å². The molecule has 0 radical (unpaired) electrons. The summed E-state index contributed by atoms with van der Waals surface area (Å²) in [4.78, 5) is 11.8. The van der Waals surface area contributed by atoms with Crippen molar-refractivity contribution in [2.24, 2.45) is 11.7 Å². The highest BCUT2D eigenvalue weighted by atomic mass is 16.2. The topological polar surface area (TPSA) is 67.1 Å². The SMILES string of the molecule is NC1CC(CNC(=O)NC2CCCCCCC2)C1. The number of amides is 2. The van der Waals surface area contributed by atoms with Crippen LogP contribution in [0.3, 0.4) is 0 Å². The number of rotatable bonds is 3. The molecule has 104 valence electrons. The van der Waals surface area contributed by atoms with Gasteiger partial charge in [-0.05, 0) is 31.6 Å². The van der Waals surface area contributed by atoms with E-state index in [-0.39, 0.29) is 6.03 Å². The Kier molecular flexibility index (Phi) is 5.29. The largest absolute Gasteiger partial charge is 0.338 e. The van der Waals surface area contributed by atoms with Gasteiger partial charge in [-0.15, -0.1) is 0 Å². The predicted molar refractivity (Wildman–Crippen MR) is 73.3 cm³/mol. The van der Waals surface area contributed by atoms with E-state index in [1.165, 1.54) is 32.1 Å².